The van der Waals surface area contributed by atoms with E-state index < -0.39 is 0 Å². The standard InChI is InChI=1S/C17H31N5O/c1-14-12-20(2)10-8-16(14)22(4)17(23)18-9-6-5-7-15-11-19-21(3)13-15/h11,13-14,16H,5-10,12H2,1-4H3,(H,18,23)/t14-,16-/m1/s1. The summed E-state index contributed by atoms with van der Waals surface area (Å²) < 4.78 is 1.83. The van der Waals surface area contributed by atoms with Gasteiger partial charge < -0.3 is 15.1 Å². The molecule has 1 saturated heterocycles. The number of aryl methyl sites for hydroxylation is 2. The second kappa shape index (κ2) is 8.34. The highest BCUT2D eigenvalue weighted by Gasteiger charge is 2.29. The summed E-state index contributed by atoms with van der Waals surface area (Å²) in [5.41, 5.74) is 1.26. The Labute approximate surface area is 139 Å². The van der Waals surface area contributed by atoms with Crippen LogP contribution in [-0.4, -0.2) is 65.4 Å². The molecule has 1 aromatic heterocycles. The molecule has 2 rings (SSSR count). The molecule has 130 valence electrons. The summed E-state index contributed by atoms with van der Waals surface area (Å²) in [5, 5.41) is 7.22. The van der Waals surface area contributed by atoms with Crippen LogP contribution < -0.4 is 5.32 Å². The third-order valence-electron chi connectivity index (χ3n) is 4.81. The maximum atomic E-state index is 12.3. The van der Waals surface area contributed by atoms with E-state index in [1.54, 1.807) is 0 Å². The molecule has 6 nitrogen and oxygen atoms in total. The van der Waals surface area contributed by atoms with E-state index in [9.17, 15) is 4.79 Å². The number of urea groups is 1. The molecule has 2 atom stereocenters. The first-order chi connectivity index (χ1) is 11.0. The smallest absolute Gasteiger partial charge is 0.317 e. The maximum absolute atomic E-state index is 12.3. The van der Waals surface area contributed by atoms with Crippen LogP contribution >= 0.6 is 0 Å². The van der Waals surface area contributed by atoms with Gasteiger partial charge in [-0.2, -0.15) is 5.10 Å². The summed E-state index contributed by atoms with van der Waals surface area (Å²) in [6.45, 7) is 5.10. The van der Waals surface area contributed by atoms with E-state index in [0.717, 1.165) is 45.3 Å². The van der Waals surface area contributed by atoms with Crippen LogP contribution in [0.3, 0.4) is 0 Å². The Balaban J connectivity index is 1.64. The van der Waals surface area contributed by atoms with E-state index in [1.165, 1.54) is 5.56 Å². The topological polar surface area (TPSA) is 53.4 Å². The molecule has 1 aromatic rings. The highest BCUT2D eigenvalue weighted by atomic mass is 16.2. The number of rotatable bonds is 6. The first-order valence-electron chi connectivity index (χ1n) is 8.64. The van der Waals surface area contributed by atoms with Crippen LogP contribution in [0, 0.1) is 5.92 Å². The fourth-order valence-electron chi connectivity index (χ4n) is 3.44. The minimum absolute atomic E-state index is 0.0628. The van der Waals surface area contributed by atoms with E-state index in [1.807, 2.05) is 36.1 Å². The van der Waals surface area contributed by atoms with E-state index in [2.05, 4.69) is 29.3 Å². The van der Waals surface area contributed by atoms with Crippen molar-refractivity contribution in [2.45, 2.75) is 38.6 Å². The Morgan fingerprint density at radius 3 is 2.87 bits per heavy atom. The van der Waals surface area contributed by atoms with E-state index in [-0.39, 0.29) is 6.03 Å². The third kappa shape index (κ3) is 5.23. The molecule has 0 aromatic carbocycles. The summed E-state index contributed by atoms with van der Waals surface area (Å²) in [6.07, 6.45) is 8.10. The van der Waals surface area contributed by atoms with Crippen molar-refractivity contribution in [2.75, 3.05) is 33.7 Å². The highest BCUT2D eigenvalue weighted by molar-refractivity contribution is 5.74. The zero-order valence-electron chi connectivity index (χ0n) is 15.0. The van der Waals surface area contributed by atoms with Crippen molar-refractivity contribution in [3.63, 3.8) is 0 Å². The number of unbranched alkanes of at least 4 members (excludes halogenated alkanes) is 1. The van der Waals surface area contributed by atoms with Crippen molar-refractivity contribution < 1.29 is 4.79 Å². The SMILES string of the molecule is C[C@@H]1CN(C)CC[C@H]1N(C)C(=O)NCCCCc1cnn(C)c1. The van der Waals surface area contributed by atoms with Crippen molar-refractivity contribution in [3.8, 4) is 0 Å². The van der Waals surface area contributed by atoms with Gasteiger partial charge in [-0.05, 0) is 50.8 Å². The van der Waals surface area contributed by atoms with Crippen LogP contribution in [0.1, 0.15) is 31.7 Å². The maximum Gasteiger partial charge on any atom is 0.317 e. The summed E-state index contributed by atoms with van der Waals surface area (Å²) >= 11 is 0. The molecule has 2 amide bonds. The Morgan fingerprint density at radius 1 is 1.43 bits per heavy atom. The van der Waals surface area contributed by atoms with Crippen LogP contribution in [0.5, 0.6) is 0 Å². The molecule has 2 heterocycles. The zero-order valence-corrected chi connectivity index (χ0v) is 15.0. The Bertz CT molecular complexity index is 501. The van der Waals surface area contributed by atoms with E-state index >= 15 is 0 Å². The molecule has 0 saturated carbocycles. The van der Waals surface area contributed by atoms with Crippen molar-refractivity contribution in [3.05, 3.63) is 18.0 Å². The first kappa shape index (κ1) is 17.8. The average molecular weight is 321 g/mol. The minimum Gasteiger partial charge on any atom is -0.338 e. The Morgan fingerprint density at radius 2 is 2.22 bits per heavy atom. The first-order valence-corrected chi connectivity index (χ1v) is 8.64. The predicted molar refractivity (Wildman–Crippen MR) is 92.4 cm³/mol. The van der Waals surface area contributed by atoms with Gasteiger partial charge in [0.15, 0.2) is 0 Å². The monoisotopic (exact) mass is 321 g/mol. The molecule has 23 heavy (non-hydrogen) atoms. The normalized spacial score (nSPS) is 22.1. The lowest BCUT2D eigenvalue weighted by Gasteiger charge is -2.39. The molecule has 0 bridgehead atoms. The number of amides is 2. The molecule has 0 unspecified atom stereocenters. The largest absolute Gasteiger partial charge is 0.338 e. The van der Waals surface area contributed by atoms with Gasteiger partial charge in [0.25, 0.3) is 0 Å². The zero-order chi connectivity index (χ0) is 16.8. The summed E-state index contributed by atoms with van der Waals surface area (Å²) in [7, 11) is 6.01. The number of carbonyl (C=O) groups excluding carboxylic acids is 1. The second-order valence-electron chi connectivity index (χ2n) is 6.92. The molecule has 1 fully saturated rings. The van der Waals surface area contributed by atoms with Crippen molar-refractivity contribution >= 4 is 6.03 Å². The lowest BCUT2D eigenvalue weighted by Crippen LogP contribution is -2.52. The van der Waals surface area contributed by atoms with Gasteiger partial charge in [0.2, 0.25) is 0 Å². The summed E-state index contributed by atoms with van der Waals surface area (Å²) in [4.78, 5) is 16.5. The quantitative estimate of drug-likeness (QED) is 0.812. The highest BCUT2D eigenvalue weighted by Crippen LogP contribution is 2.20. The Hall–Kier alpha value is -1.56. The van der Waals surface area contributed by atoms with Gasteiger partial charge in [-0.1, -0.05) is 6.92 Å². The molecule has 0 spiro atoms. The molecule has 0 radical (unpaired) electrons. The van der Waals surface area contributed by atoms with Crippen LogP contribution in [0.4, 0.5) is 4.79 Å². The number of carbonyl (C=O) groups is 1. The molecule has 6 heteroatoms. The molecule has 0 aliphatic carbocycles. The summed E-state index contributed by atoms with van der Waals surface area (Å²) in [6, 6.07) is 0.411. The number of aromatic nitrogens is 2. The number of nitrogens with one attached hydrogen (secondary N) is 1. The van der Waals surface area contributed by atoms with Gasteiger partial charge in [0.05, 0.1) is 6.20 Å². The average Bonchev–Trinajstić information content (AvgIpc) is 2.91. The molecular weight excluding hydrogens is 290 g/mol. The Kier molecular flexibility index (Phi) is 6.45. The number of nitrogens with zero attached hydrogens (tertiary/aromatic N) is 4. The fourth-order valence-corrected chi connectivity index (χ4v) is 3.44. The number of likely N-dealkylation sites (tertiary alicyclic amines) is 1. The van der Waals surface area contributed by atoms with E-state index in [0.29, 0.717) is 12.0 Å². The van der Waals surface area contributed by atoms with Crippen LogP contribution in [0.15, 0.2) is 12.4 Å². The van der Waals surface area contributed by atoms with Crippen LogP contribution in [0.2, 0.25) is 0 Å². The summed E-state index contributed by atoms with van der Waals surface area (Å²) in [5.74, 6) is 0.523. The lowest BCUT2D eigenvalue weighted by molar-refractivity contribution is 0.107. The van der Waals surface area contributed by atoms with Gasteiger partial charge in [-0.3, -0.25) is 4.68 Å². The van der Waals surface area contributed by atoms with Crippen molar-refractivity contribution in [2.24, 2.45) is 13.0 Å². The van der Waals surface area contributed by atoms with Gasteiger partial charge in [-0.15, -0.1) is 0 Å². The van der Waals surface area contributed by atoms with Crippen LogP contribution in [0.25, 0.3) is 0 Å². The second-order valence-corrected chi connectivity index (χ2v) is 6.92. The van der Waals surface area contributed by atoms with Crippen molar-refractivity contribution in [1.82, 2.24) is 24.9 Å². The van der Waals surface area contributed by atoms with Gasteiger partial charge in [0, 0.05) is 39.4 Å². The molecule has 1 N–H and O–H groups in total. The lowest BCUT2D eigenvalue weighted by atomic mass is 9.93. The number of piperidine rings is 1. The minimum atomic E-state index is 0.0628. The number of hydrogen-bond acceptors (Lipinski definition) is 3. The van der Waals surface area contributed by atoms with E-state index in [4.69, 9.17) is 0 Å². The predicted octanol–water partition coefficient (Wildman–Crippen LogP) is 1.72. The van der Waals surface area contributed by atoms with Gasteiger partial charge in [-0.25, -0.2) is 4.79 Å². The fraction of sp³-hybridized carbons (Fsp3) is 0.765. The molecule has 1 aliphatic rings. The molecule has 1 aliphatic heterocycles. The van der Waals surface area contributed by atoms with Crippen molar-refractivity contribution in [1.29, 1.82) is 0 Å². The number of hydrogen-bond donors (Lipinski definition) is 1. The molecular formula is C17H31N5O. The van der Waals surface area contributed by atoms with Gasteiger partial charge in [0.1, 0.15) is 0 Å². The van der Waals surface area contributed by atoms with Gasteiger partial charge >= 0.3 is 6.03 Å². The van der Waals surface area contributed by atoms with Crippen LogP contribution in [-0.2, 0) is 13.5 Å². The third-order valence-corrected chi connectivity index (χ3v) is 4.81.